The number of hydrogen-bond donors (Lipinski definition) is 1. The Morgan fingerprint density at radius 2 is 1.96 bits per heavy atom. The van der Waals surface area contributed by atoms with Crippen LogP contribution < -0.4 is 5.32 Å². The predicted octanol–water partition coefficient (Wildman–Crippen LogP) is 3.13. The molecule has 0 aliphatic carbocycles. The van der Waals surface area contributed by atoms with Crippen molar-refractivity contribution in [3.8, 4) is 0 Å². The van der Waals surface area contributed by atoms with Crippen molar-refractivity contribution in [1.82, 2.24) is 4.90 Å². The van der Waals surface area contributed by atoms with Gasteiger partial charge in [0.15, 0.2) is 0 Å². The Morgan fingerprint density at radius 1 is 1.28 bits per heavy atom. The average molecular weight is 360 g/mol. The number of nitrogens with zero attached hydrogens (tertiary/aromatic N) is 1. The summed E-state index contributed by atoms with van der Waals surface area (Å²) >= 11 is 0. The number of carbonyl (C=O) groups is 2. The van der Waals surface area contributed by atoms with Gasteiger partial charge in [-0.25, -0.2) is 0 Å². The molecule has 0 saturated heterocycles. The SMILES string of the molecule is CCN1CCc2cccc(NC(=O)C(F)(F)F)c2C1.CCOC(C)=O. The number of ether oxygens (including phenoxy) is 1. The van der Waals surface area contributed by atoms with E-state index >= 15 is 0 Å². The molecular formula is C17H23F3N2O3. The topological polar surface area (TPSA) is 58.6 Å². The number of fused-ring (bicyclic) bond motifs is 1. The first-order chi connectivity index (χ1) is 11.7. The van der Waals surface area contributed by atoms with Crippen LogP contribution >= 0.6 is 0 Å². The first-order valence-corrected chi connectivity index (χ1v) is 8.03. The fourth-order valence-corrected chi connectivity index (χ4v) is 2.42. The molecule has 140 valence electrons. The van der Waals surface area contributed by atoms with Crippen molar-refractivity contribution >= 4 is 17.6 Å². The van der Waals surface area contributed by atoms with E-state index in [1.807, 2.05) is 18.3 Å². The summed E-state index contributed by atoms with van der Waals surface area (Å²) < 4.78 is 41.3. The molecule has 1 aliphatic heterocycles. The Morgan fingerprint density at radius 3 is 2.44 bits per heavy atom. The molecule has 1 aromatic rings. The molecule has 0 spiro atoms. The third kappa shape index (κ3) is 6.74. The van der Waals surface area contributed by atoms with Crippen molar-refractivity contribution in [3.63, 3.8) is 0 Å². The molecule has 1 aliphatic rings. The summed E-state index contributed by atoms with van der Waals surface area (Å²) in [4.78, 5) is 23.0. The Kier molecular flexibility index (Phi) is 7.89. The molecule has 0 radical (unpaired) electrons. The van der Waals surface area contributed by atoms with E-state index in [4.69, 9.17) is 0 Å². The number of halogens is 3. The number of likely N-dealkylation sites (N-methyl/N-ethyl adjacent to an activating group) is 1. The summed E-state index contributed by atoms with van der Waals surface area (Å²) in [5, 5.41) is 1.96. The van der Waals surface area contributed by atoms with Crippen LogP contribution in [0.3, 0.4) is 0 Å². The van der Waals surface area contributed by atoms with Crippen LogP contribution in [0.2, 0.25) is 0 Å². The lowest BCUT2D eigenvalue weighted by Gasteiger charge is -2.29. The van der Waals surface area contributed by atoms with Crippen molar-refractivity contribution in [2.45, 2.75) is 39.9 Å². The van der Waals surface area contributed by atoms with E-state index in [1.165, 1.54) is 13.0 Å². The van der Waals surface area contributed by atoms with Crippen molar-refractivity contribution in [1.29, 1.82) is 0 Å². The quantitative estimate of drug-likeness (QED) is 0.842. The molecule has 0 bridgehead atoms. The van der Waals surface area contributed by atoms with Crippen molar-refractivity contribution in [2.24, 2.45) is 0 Å². The highest BCUT2D eigenvalue weighted by atomic mass is 19.4. The maximum absolute atomic E-state index is 12.3. The van der Waals surface area contributed by atoms with Gasteiger partial charge in [0.2, 0.25) is 0 Å². The zero-order valence-corrected chi connectivity index (χ0v) is 14.6. The molecular weight excluding hydrogens is 337 g/mol. The van der Waals surface area contributed by atoms with Crippen LogP contribution in [-0.2, 0) is 27.3 Å². The van der Waals surface area contributed by atoms with Gasteiger partial charge in [0.05, 0.1) is 6.61 Å². The van der Waals surface area contributed by atoms with E-state index in [-0.39, 0.29) is 11.7 Å². The van der Waals surface area contributed by atoms with Gasteiger partial charge in [-0.3, -0.25) is 14.5 Å². The molecule has 1 N–H and O–H groups in total. The van der Waals surface area contributed by atoms with Gasteiger partial charge in [-0.2, -0.15) is 13.2 Å². The number of rotatable bonds is 3. The summed E-state index contributed by atoms with van der Waals surface area (Å²) in [7, 11) is 0. The number of esters is 1. The normalized spacial score (nSPS) is 14.0. The van der Waals surface area contributed by atoms with Gasteiger partial charge in [-0.1, -0.05) is 19.1 Å². The van der Waals surface area contributed by atoms with Gasteiger partial charge >= 0.3 is 18.1 Å². The Labute approximate surface area is 145 Å². The fourth-order valence-electron chi connectivity index (χ4n) is 2.42. The fraction of sp³-hybridized carbons (Fsp3) is 0.529. The van der Waals surface area contributed by atoms with Crippen LogP contribution in [0.4, 0.5) is 18.9 Å². The number of anilines is 1. The minimum absolute atomic E-state index is 0.211. The Balaban J connectivity index is 0.000000450. The van der Waals surface area contributed by atoms with Crippen molar-refractivity contribution in [3.05, 3.63) is 29.3 Å². The Hall–Kier alpha value is -2.09. The second-order valence-corrected chi connectivity index (χ2v) is 5.44. The first kappa shape index (κ1) is 21.0. The zero-order chi connectivity index (χ0) is 19.0. The molecule has 0 unspecified atom stereocenters. The Bertz CT molecular complexity index is 603. The molecule has 5 nitrogen and oxygen atoms in total. The number of carbonyl (C=O) groups excluding carboxylic acids is 2. The third-order valence-electron chi connectivity index (χ3n) is 3.65. The smallest absolute Gasteiger partial charge is 0.466 e. The van der Waals surface area contributed by atoms with Crippen LogP contribution in [0.5, 0.6) is 0 Å². The first-order valence-electron chi connectivity index (χ1n) is 8.03. The standard InChI is InChI=1S/C13H15F3N2O.C4H8O2/c1-2-18-7-6-9-4-3-5-11(10(9)8-18)17-12(19)13(14,15)16;1-3-6-4(2)5/h3-5H,2,6-8H2,1H3,(H,17,19);3H2,1-2H3. The minimum atomic E-state index is -4.86. The number of nitrogens with one attached hydrogen (secondary N) is 1. The highest BCUT2D eigenvalue weighted by molar-refractivity contribution is 5.95. The lowest BCUT2D eigenvalue weighted by molar-refractivity contribution is -0.167. The molecule has 1 amide bonds. The molecule has 0 atom stereocenters. The highest BCUT2D eigenvalue weighted by Gasteiger charge is 2.39. The molecule has 2 rings (SSSR count). The molecule has 0 saturated carbocycles. The highest BCUT2D eigenvalue weighted by Crippen LogP contribution is 2.27. The van der Waals surface area contributed by atoms with Gasteiger partial charge < -0.3 is 10.1 Å². The van der Waals surface area contributed by atoms with E-state index in [0.717, 1.165) is 30.6 Å². The zero-order valence-electron chi connectivity index (χ0n) is 14.6. The number of amides is 1. The van der Waals surface area contributed by atoms with Gasteiger partial charge in [0.25, 0.3) is 0 Å². The van der Waals surface area contributed by atoms with Crippen LogP contribution in [0, 0.1) is 0 Å². The van der Waals surface area contributed by atoms with Crippen LogP contribution in [-0.4, -0.2) is 42.6 Å². The summed E-state index contributed by atoms with van der Waals surface area (Å²) in [5.74, 6) is -2.13. The predicted molar refractivity (Wildman–Crippen MR) is 88.1 cm³/mol. The van der Waals surface area contributed by atoms with Crippen molar-refractivity contribution < 1.29 is 27.5 Å². The molecule has 25 heavy (non-hydrogen) atoms. The maximum Gasteiger partial charge on any atom is 0.471 e. The second-order valence-electron chi connectivity index (χ2n) is 5.44. The molecule has 8 heteroatoms. The summed E-state index contributed by atoms with van der Waals surface area (Å²) in [6.07, 6.45) is -4.07. The summed E-state index contributed by atoms with van der Waals surface area (Å²) in [5.41, 5.74) is 2.05. The van der Waals surface area contributed by atoms with E-state index in [0.29, 0.717) is 13.2 Å². The van der Waals surface area contributed by atoms with Gasteiger partial charge in [0.1, 0.15) is 0 Å². The molecule has 0 aromatic heterocycles. The lowest BCUT2D eigenvalue weighted by atomic mass is 9.98. The number of alkyl halides is 3. The van der Waals surface area contributed by atoms with E-state index < -0.39 is 12.1 Å². The second kappa shape index (κ2) is 9.41. The molecule has 1 aromatic carbocycles. The van der Waals surface area contributed by atoms with E-state index in [2.05, 4.69) is 9.64 Å². The molecule has 0 fully saturated rings. The monoisotopic (exact) mass is 360 g/mol. The number of hydrogen-bond acceptors (Lipinski definition) is 4. The lowest BCUT2D eigenvalue weighted by Crippen LogP contribution is -2.33. The van der Waals surface area contributed by atoms with Gasteiger partial charge in [-0.15, -0.1) is 0 Å². The van der Waals surface area contributed by atoms with Gasteiger partial charge in [-0.05, 0) is 37.1 Å². The van der Waals surface area contributed by atoms with Crippen molar-refractivity contribution in [2.75, 3.05) is 25.0 Å². The van der Waals surface area contributed by atoms with E-state index in [1.54, 1.807) is 13.0 Å². The number of benzene rings is 1. The third-order valence-corrected chi connectivity index (χ3v) is 3.65. The van der Waals surface area contributed by atoms with E-state index in [9.17, 15) is 22.8 Å². The van der Waals surface area contributed by atoms with Crippen LogP contribution in [0.25, 0.3) is 0 Å². The van der Waals surface area contributed by atoms with Crippen LogP contribution in [0.1, 0.15) is 31.9 Å². The molecule has 1 heterocycles. The average Bonchev–Trinajstić information content (AvgIpc) is 2.54. The summed E-state index contributed by atoms with van der Waals surface area (Å²) in [6.45, 7) is 7.95. The summed E-state index contributed by atoms with van der Waals surface area (Å²) in [6, 6.07) is 5.08. The van der Waals surface area contributed by atoms with Crippen LogP contribution in [0.15, 0.2) is 18.2 Å². The van der Waals surface area contributed by atoms with Gasteiger partial charge in [0, 0.05) is 25.7 Å². The minimum Gasteiger partial charge on any atom is -0.466 e. The maximum atomic E-state index is 12.3. The largest absolute Gasteiger partial charge is 0.471 e.